The van der Waals surface area contributed by atoms with Crippen molar-refractivity contribution >= 4 is 46.2 Å². The number of nitrogens with zero attached hydrogens (tertiary/aromatic N) is 3. The third-order valence-corrected chi connectivity index (χ3v) is 4.24. The number of nitroso groups, excluding NO2 is 1. The minimum atomic E-state index is -0.0690. The van der Waals surface area contributed by atoms with Gasteiger partial charge in [0.05, 0.1) is 18.8 Å². The largest absolute Gasteiger partial charge is 0.478 e. The number of carbonyl (C=O) groups is 1. The molecule has 0 aliphatic carbocycles. The van der Waals surface area contributed by atoms with Gasteiger partial charge >= 0.3 is 0 Å². The van der Waals surface area contributed by atoms with Crippen LogP contribution in [0.3, 0.4) is 0 Å². The van der Waals surface area contributed by atoms with Crippen LogP contribution in [0.2, 0.25) is 0 Å². The van der Waals surface area contributed by atoms with E-state index in [0.29, 0.717) is 13.0 Å². The van der Waals surface area contributed by atoms with Crippen LogP contribution in [0.4, 0.5) is 17.2 Å². The predicted molar refractivity (Wildman–Crippen MR) is 106 cm³/mol. The number of amides is 1. The normalized spacial score (nSPS) is 10.3. The van der Waals surface area contributed by atoms with Crippen LogP contribution in [-0.4, -0.2) is 18.0 Å². The maximum atomic E-state index is 11.6. The van der Waals surface area contributed by atoms with Gasteiger partial charge in [0.25, 0.3) is 0 Å². The van der Waals surface area contributed by atoms with Crippen molar-refractivity contribution in [2.24, 2.45) is 5.18 Å². The number of nitrogen functional groups attached to an aromatic ring is 1. The SMILES string of the molecule is CCCCOc1cc(N(C=O)Cc2ccc(I)cc2)c(N=O)c(N)n1. The summed E-state index contributed by atoms with van der Waals surface area (Å²) in [6, 6.07) is 9.23. The van der Waals surface area contributed by atoms with Crippen molar-refractivity contribution in [1.29, 1.82) is 0 Å². The first-order valence-corrected chi connectivity index (χ1v) is 8.90. The van der Waals surface area contributed by atoms with Gasteiger partial charge in [-0.2, -0.15) is 4.98 Å². The maximum absolute atomic E-state index is 11.6. The number of aromatic nitrogens is 1. The lowest BCUT2D eigenvalue weighted by molar-refractivity contribution is -0.107. The van der Waals surface area contributed by atoms with E-state index in [0.717, 1.165) is 22.0 Å². The molecule has 1 aromatic carbocycles. The molecule has 132 valence electrons. The van der Waals surface area contributed by atoms with E-state index in [-0.39, 0.29) is 29.6 Å². The minimum Gasteiger partial charge on any atom is -0.478 e. The number of hydrogen-bond donors (Lipinski definition) is 1. The number of rotatable bonds is 9. The van der Waals surface area contributed by atoms with E-state index in [1.54, 1.807) is 0 Å². The van der Waals surface area contributed by atoms with Crippen LogP contribution in [0, 0.1) is 8.48 Å². The summed E-state index contributed by atoms with van der Waals surface area (Å²) in [5, 5.41) is 2.94. The number of carbonyl (C=O) groups excluding carboxylic acids is 1. The summed E-state index contributed by atoms with van der Waals surface area (Å²) in [6.07, 6.45) is 2.48. The molecular formula is C17H19IN4O3. The molecule has 8 heteroatoms. The molecule has 1 aromatic heterocycles. The molecule has 0 fully saturated rings. The topological polar surface area (TPSA) is 97.9 Å². The Morgan fingerprint density at radius 2 is 2.08 bits per heavy atom. The van der Waals surface area contributed by atoms with Crippen molar-refractivity contribution in [2.75, 3.05) is 17.2 Å². The van der Waals surface area contributed by atoms with Crippen molar-refractivity contribution in [3.8, 4) is 5.88 Å². The van der Waals surface area contributed by atoms with Crippen molar-refractivity contribution < 1.29 is 9.53 Å². The Morgan fingerprint density at radius 3 is 2.68 bits per heavy atom. The number of benzene rings is 1. The average Bonchev–Trinajstić information content (AvgIpc) is 2.61. The highest BCUT2D eigenvalue weighted by atomic mass is 127. The fourth-order valence-corrected chi connectivity index (χ4v) is 2.55. The number of hydrogen-bond acceptors (Lipinski definition) is 6. The maximum Gasteiger partial charge on any atom is 0.217 e. The number of ether oxygens (including phenoxy) is 1. The van der Waals surface area contributed by atoms with Gasteiger partial charge in [0.15, 0.2) is 11.5 Å². The fourth-order valence-electron chi connectivity index (χ4n) is 2.19. The van der Waals surface area contributed by atoms with E-state index in [9.17, 15) is 9.70 Å². The smallest absolute Gasteiger partial charge is 0.217 e. The Balaban J connectivity index is 2.33. The summed E-state index contributed by atoms with van der Waals surface area (Å²) < 4.78 is 6.64. The molecule has 0 saturated heterocycles. The highest BCUT2D eigenvalue weighted by Crippen LogP contribution is 2.36. The predicted octanol–water partition coefficient (Wildman–Crippen LogP) is 4.01. The van der Waals surface area contributed by atoms with Gasteiger partial charge in [-0.1, -0.05) is 25.5 Å². The zero-order valence-corrected chi connectivity index (χ0v) is 16.0. The van der Waals surface area contributed by atoms with Crippen molar-refractivity contribution in [3.05, 3.63) is 44.4 Å². The van der Waals surface area contributed by atoms with Crippen LogP contribution in [0.15, 0.2) is 35.5 Å². The molecular weight excluding hydrogens is 435 g/mol. The molecule has 0 bridgehead atoms. The van der Waals surface area contributed by atoms with Gasteiger partial charge in [-0.15, -0.1) is 4.91 Å². The minimum absolute atomic E-state index is 0.0616. The van der Waals surface area contributed by atoms with E-state index < -0.39 is 0 Å². The Bertz CT molecular complexity index is 737. The third kappa shape index (κ3) is 5.12. The molecule has 2 rings (SSSR count). The summed E-state index contributed by atoms with van der Waals surface area (Å²) in [5.74, 6) is 0.205. The molecule has 7 nitrogen and oxygen atoms in total. The molecule has 2 aromatic rings. The number of halogens is 1. The standard InChI is InChI=1S/C17H19IN4O3/c1-2-3-8-25-15-9-14(16(21-24)17(19)20-15)22(11-23)10-12-4-6-13(18)7-5-12/h4-7,9,11H,2-3,8,10H2,1H3,(H2,19,20). The summed E-state index contributed by atoms with van der Waals surface area (Å²) in [5.41, 5.74) is 6.94. The Labute approximate surface area is 159 Å². The average molecular weight is 454 g/mol. The second kappa shape index (κ2) is 9.30. The van der Waals surface area contributed by atoms with Crippen LogP contribution >= 0.6 is 22.6 Å². The van der Waals surface area contributed by atoms with E-state index in [1.165, 1.54) is 11.0 Å². The van der Waals surface area contributed by atoms with E-state index in [4.69, 9.17) is 10.5 Å². The molecule has 0 spiro atoms. The van der Waals surface area contributed by atoms with Gasteiger partial charge in [-0.05, 0) is 51.9 Å². The molecule has 2 N–H and O–H groups in total. The fraction of sp³-hybridized carbons (Fsp3) is 0.294. The third-order valence-electron chi connectivity index (χ3n) is 3.52. The molecule has 0 radical (unpaired) electrons. The zero-order chi connectivity index (χ0) is 18.2. The molecule has 0 saturated carbocycles. The van der Waals surface area contributed by atoms with E-state index >= 15 is 0 Å². The molecule has 0 aliphatic rings. The number of anilines is 2. The number of unbranched alkanes of at least 4 members (excludes halogenated alkanes) is 1. The van der Waals surface area contributed by atoms with Crippen LogP contribution in [0.25, 0.3) is 0 Å². The number of pyridine rings is 1. The van der Waals surface area contributed by atoms with Crippen LogP contribution in [0.1, 0.15) is 25.3 Å². The van der Waals surface area contributed by atoms with Gasteiger partial charge in [0, 0.05) is 9.64 Å². The second-order valence-corrected chi connectivity index (χ2v) is 6.61. The molecule has 0 unspecified atom stereocenters. The van der Waals surface area contributed by atoms with Crippen LogP contribution in [0.5, 0.6) is 5.88 Å². The van der Waals surface area contributed by atoms with Gasteiger partial charge in [0.1, 0.15) is 0 Å². The van der Waals surface area contributed by atoms with Gasteiger partial charge < -0.3 is 15.4 Å². The highest BCUT2D eigenvalue weighted by Gasteiger charge is 2.18. The zero-order valence-electron chi connectivity index (χ0n) is 13.8. The van der Waals surface area contributed by atoms with E-state index in [1.807, 2.05) is 31.2 Å². The first-order valence-electron chi connectivity index (χ1n) is 7.82. The van der Waals surface area contributed by atoms with Crippen molar-refractivity contribution in [3.63, 3.8) is 0 Å². The lowest BCUT2D eigenvalue weighted by Gasteiger charge is -2.20. The summed E-state index contributed by atoms with van der Waals surface area (Å²) in [4.78, 5) is 28.2. The van der Waals surface area contributed by atoms with Gasteiger partial charge in [-0.3, -0.25) is 4.79 Å². The first-order chi connectivity index (χ1) is 12.1. The lowest BCUT2D eigenvalue weighted by Crippen LogP contribution is -2.21. The number of nitrogens with two attached hydrogens (primary N) is 1. The molecule has 1 amide bonds. The Morgan fingerprint density at radius 1 is 1.36 bits per heavy atom. The monoisotopic (exact) mass is 454 g/mol. The molecule has 1 heterocycles. The Hall–Kier alpha value is -2.23. The molecule has 25 heavy (non-hydrogen) atoms. The second-order valence-electron chi connectivity index (χ2n) is 5.37. The summed E-state index contributed by atoms with van der Waals surface area (Å²) in [6.45, 7) is 2.81. The van der Waals surface area contributed by atoms with Gasteiger partial charge in [-0.25, -0.2) is 0 Å². The lowest BCUT2D eigenvalue weighted by atomic mass is 10.2. The molecule has 0 aliphatic heterocycles. The van der Waals surface area contributed by atoms with Crippen LogP contribution < -0.4 is 15.4 Å². The van der Waals surface area contributed by atoms with E-state index in [2.05, 4.69) is 32.8 Å². The highest BCUT2D eigenvalue weighted by molar-refractivity contribution is 14.1. The first kappa shape index (κ1) is 19.1. The summed E-state index contributed by atoms with van der Waals surface area (Å²) >= 11 is 2.21. The van der Waals surface area contributed by atoms with Crippen molar-refractivity contribution in [2.45, 2.75) is 26.3 Å². The van der Waals surface area contributed by atoms with Crippen LogP contribution in [-0.2, 0) is 11.3 Å². The van der Waals surface area contributed by atoms with Crippen molar-refractivity contribution in [1.82, 2.24) is 4.98 Å². The Kier molecular flexibility index (Phi) is 7.11. The van der Waals surface area contributed by atoms with Gasteiger partial charge in [0.2, 0.25) is 12.3 Å². The molecule has 0 atom stereocenters. The quantitative estimate of drug-likeness (QED) is 0.267. The summed E-state index contributed by atoms with van der Waals surface area (Å²) in [7, 11) is 0.